The van der Waals surface area contributed by atoms with Crippen LogP contribution in [0.15, 0.2) is 17.3 Å². The maximum atomic E-state index is 11.4. The first kappa shape index (κ1) is 16.7. The largest absolute Gasteiger partial charge is 0.504 e. The van der Waals surface area contributed by atoms with E-state index in [1.165, 1.54) is 14.2 Å². The Morgan fingerprint density at radius 2 is 2.00 bits per heavy atom. The fourth-order valence-corrected chi connectivity index (χ4v) is 4.26. The third kappa shape index (κ3) is 2.10. The number of phenolic OH excluding ortho intramolecular Hbond substituents is 2. The van der Waals surface area contributed by atoms with Gasteiger partial charge in [0.15, 0.2) is 28.7 Å². The first-order valence-electron chi connectivity index (χ1n) is 8.41. The van der Waals surface area contributed by atoms with Gasteiger partial charge in [-0.3, -0.25) is 4.90 Å². The van der Waals surface area contributed by atoms with Gasteiger partial charge in [0, 0.05) is 18.2 Å². The number of hydrogen-bond donors (Lipinski definition) is 2. The standard InChI is InChI=1S/C19H20N2O5/c1-21-5-4-10-15-12(21)6-9-7-13(22)14(25-2)8-11(9)16(15)19(26-3)18(23)17(10)20-24/h7-8,12,22-23H,4-6H2,1-3H3/t12-/m0/s1. The Labute approximate surface area is 150 Å². The highest BCUT2D eigenvalue weighted by Gasteiger charge is 2.39. The molecule has 2 aliphatic rings. The average Bonchev–Trinajstić information content (AvgIpc) is 2.63. The van der Waals surface area contributed by atoms with E-state index in [1.807, 2.05) is 7.05 Å². The lowest BCUT2D eigenvalue weighted by atomic mass is 9.76. The number of nitrogens with zero attached hydrogens (tertiary/aromatic N) is 2. The molecule has 0 saturated carbocycles. The van der Waals surface area contributed by atoms with Gasteiger partial charge >= 0.3 is 0 Å². The van der Waals surface area contributed by atoms with Crippen LogP contribution in [0.1, 0.15) is 22.7 Å². The van der Waals surface area contributed by atoms with Crippen molar-refractivity contribution < 1.29 is 19.7 Å². The number of methoxy groups -OCH3 is 2. The number of ether oxygens (including phenoxy) is 2. The Bertz CT molecular complexity index is 925. The number of aromatic hydroxyl groups is 2. The molecular formula is C19H20N2O5. The van der Waals surface area contributed by atoms with Crippen molar-refractivity contribution in [1.82, 2.24) is 4.90 Å². The van der Waals surface area contributed by atoms with E-state index in [0.29, 0.717) is 18.6 Å². The molecule has 2 aromatic rings. The molecule has 2 N–H and O–H groups in total. The van der Waals surface area contributed by atoms with Crippen LogP contribution in [0.4, 0.5) is 5.69 Å². The van der Waals surface area contributed by atoms with E-state index in [0.717, 1.165) is 34.4 Å². The summed E-state index contributed by atoms with van der Waals surface area (Å²) < 4.78 is 10.7. The first-order chi connectivity index (χ1) is 12.5. The van der Waals surface area contributed by atoms with Gasteiger partial charge in [-0.05, 0) is 59.5 Å². The van der Waals surface area contributed by atoms with E-state index >= 15 is 0 Å². The number of rotatable bonds is 3. The van der Waals surface area contributed by atoms with Gasteiger partial charge in [0.1, 0.15) is 0 Å². The molecule has 136 valence electrons. The molecule has 1 aliphatic carbocycles. The lowest BCUT2D eigenvalue weighted by Crippen LogP contribution is -2.35. The number of fused-ring (bicyclic) bond motifs is 2. The fraction of sp³-hybridized carbons (Fsp3) is 0.368. The van der Waals surface area contributed by atoms with Crippen molar-refractivity contribution in [2.45, 2.75) is 18.9 Å². The highest BCUT2D eigenvalue weighted by atomic mass is 16.5. The van der Waals surface area contributed by atoms with Crippen LogP contribution in [-0.4, -0.2) is 42.9 Å². The maximum Gasteiger partial charge on any atom is 0.188 e. The molecule has 1 heterocycles. The van der Waals surface area contributed by atoms with E-state index in [-0.39, 0.29) is 29.0 Å². The molecule has 0 bridgehead atoms. The normalized spacial score (nSPS) is 18.0. The predicted octanol–water partition coefficient (Wildman–Crippen LogP) is 3.27. The third-order valence-corrected chi connectivity index (χ3v) is 5.51. The lowest BCUT2D eigenvalue weighted by molar-refractivity contribution is 0.227. The van der Waals surface area contributed by atoms with Gasteiger partial charge in [-0.25, -0.2) is 0 Å². The highest BCUT2D eigenvalue weighted by molar-refractivity contribution is 5.88. The molecule has 0 fully saturated rings. The summed E-state index contributed by atoms with van der Waals surface area (Å²) in [4.78, 5) is 13.6. The van der Waals surface area contributed by atoms with Crippen LogP contribution >= 0.6 is 0 Å². The molecule has 0 saturated heterocycles. The number of phenols is 2. The number of nitroso groups, excluding NO2 is 1. The molecule has 0 radical (unpaired) electrons. The molecule has 1 atom stereocenters. The van der Waals surface area contributed by atoms with Gasteiger partial charge in [-0.1, -0.05) is 0 Å². The van der Waals surface area contributed by atoms with Crippen molar-refractivity contribution >= 4 is 5.69 Å². The summed E-state index contributed by atoms with van der Waals surface area (Å²) in [6.45, 7) is 0.753. The van der Waals surface area contributed by atoms with Gasteiger partial charge < -0.3 is 19.7 Å². The smallest absolute Gasteiger partial charge is 0.188 e. The van der Waals surface area contributed by atoms with Crippen LogP contribution < -0.4 is 9.47 Å². The van der Waals surface area contributed by atoms with E-state index in [1.54, 1.807) is 12.1 Å². The SMILES string of the molecule is COc1cc2c(cc1O)C[C@H]1c3c(c(N=O)c(O)c(OC)c3-2)CCN1C. The molecule has 2 aromatic carbocycles. The highest BCUT2D eigenvalue weighted by Crippen LogP contribution is 2.57. The third-order valence-electron chi connectivity index (χ3n) is 5.51. The van der Waals surface area contributed by atoms with Crippen LogP contribution in [-0.2, 0) is 12.8 Å². The Morgan fingerprint density at radius 3 is 2.65 bits per heavy atom. The van der Waals surface area contributed by atoms with Gasteiger partial charge in [0.05, 0.1) is 14.2 Å². The van der Waals surface area contributed by atoms with Crippen molar-refractivity contribution in [1.29, 1.82) is 0 Å². The second kappa shape index (κ2) is 5.88. The molecule has 0 unspecified atom stereocenters. The second-order valence-corrected chi connectivity index (χ2v) is 6.72. The monoisotopic (exact) mass is 356 g/mol. The Kier molecular flexibility index (Phi) is 3.77. The van der Waals surface area contributed by atoms with E-state index in [2.05, 4.69) is 10.1 Å². The van der Waals surface area contributed by atoms with Crippen LogP contribution in [0.5, 0.6) is 23.0 Å². The first-order valence-corrected chi connectivity index (χ1v) is 8.41. The molecule has 26 heavy (non-hydrogen) atoms. The summed E-state index contributed by atoms with van der Waals surface area (Å²) in [5, 5.41) is 23.9. The predicted molar refractivity (Wildman–Crippen MR) is 96.5 cm³/mol. The molecular weight excluding hydrogens is 336 g/mol. The minimum atomic E-state index is -0.237. The number of hydrogen-bond acceptors (Lipinski definition) is 7. The van der Waals surface area contributed by atoms with Crippen LogP contribution in [0.3, 0.4) is 0 Å². The van der Waals surface area contributed by atoms with Crippen LogP contribution in [0.25, 0.3) is 11.1 Å². The number of likely N-dealkylation sites (N-methyl/N-ethyl adjacent to an activating group) is 1. The van der Waals surface area contributed by atoms with E-state index < -0.39 is 0 Å². The summed E-state index contributed by atoms with van der Waals surface area (Å²) >= 11 is 0. The number of benzene rings is 2. The summed E-state index contributed by atoms with van der Waals surface area (Å²) in [6.07, 6.45) is 1.30. The molecule has 1 aliphatic heterocycles. The van der Waals surface area contributed by atoms with E-state index in [9.17, 15) is 15.1 Å². The molecule has 0 aromatic heterocycles. The summed E-state index contributed by atoms with van der Waals surface area (Å²) in [6, 6.07) is 3.46. The fourth-order valence-electron chi connectivity index (χ4n) is 4.26. The maximum absolute atomic E-state index is 11.4. The van der Waals surface area contributed by atoms with Crippen molar-refractivity contribution in [3.05, 3.63) is 33.7 Å². The van der Waals surface area contributed by atoms with Crippen LogP contribution in [0, 0.1) is 4.91 Å². The lowest BCUT2D eigenvalue weighted by Gasteiger charge is -2.40. The molecule has 7 nitrogen and oxygen atoms in total. The van der Waals surface area contributed by atoms with Gasteiger partial charge in [0.25, 0.3) is 0 Å². The Hall–Kier alpha value is -2.80. The van der Waals surface area contributed by atoms with Crippen molar-refractivity contribution in [3.8, 4) is 34.1 Å². The molecule has 0 spiro atoms. The minimum absolute atomic E-state index is 0.0176. The second-order valence-electron chi connectivity index (χ2n) is 6.72. The topological polar surface area (TPSA) is 91.6 Å². The minimum Gasteiger partial charge on any atom is -0.504 e. The quantitative estimate of drug-likeness (QED) is 0.820. The average molecular weight is 356 g/mol. The molecule has 4 rings (SSSR count). The summed E-state index contributed by atoms with van der Waals surface area (Å²) in [5.41, 5.74) is 4.30. The van der Waals surface area contributed by atoms with Crippen molar-refractivity contribution in [2.75, 3.05) is 27.8 Å². The molecule has 7 heteroatoms. The van der Waals surface area contributed by atoms with Gasteiger partial charge in [-0.2, -0.15) is 0 Å². The summed E-state index contributed by atoms with van der Waals surface area (Å²) in [5.74, 6) is 0.411. The van der Waals surface area contributed by atoms with Crippen LogP contribution in [0.2, 0.25) is 0 Å². The zero-order chi connectivity index (χ0) is 18.6. The van der Waals surface area contributed by atoms with Gasteiger partial charge in [0.2, 0.25) is 0 Å². The Balaban J connectivity index is 2.13. The summed E-state index contributed by atoms with van der Waals surface area (Å²) in [7, 11) is 4.98. The Morgan fingerprint density at radius 1 is 1.23 bits per heavy atom. The zero-order valence-corrected chi connectivity index (χ0v) is 14.9. The van der Waals surface area contributed by atoms with Crippen molar-refractivity contribution in [2.24, 2.45) is 5.18 Å². The zero-order valence-electron chi connectivity index (χ0n) is 14.9. The van der Waals surface area contributed by atoms with Crippen molar-refractivity contribution in [3.63, 3.8) is 0 Å². The van der Waals surface area contributed by atoms with Gasteiger partial charge in [-0.15, -0.1) is 4.91 Å². The molecule has 0 amide bonds. The van der Waals surface area contributed by atoms with E-state index in [4.69, 9.17) is 9.47 Å².